The van der Waals surface area contributed by atoms with Gasteiger partial charge >= 0.3 is 0 Å². The fourth-order valence-electron chi connectivity index (χ4n) is 5.55. The number of aryl methyl sites for hydroxylation is 2. The Morgan fingerprint density at radius 3 is 2.15 bits per heavy atom. The molecular formula is C29H34N4O5S2. The molecule has 2 aromatic carbocycles. The molecule has 0 radical (unpaired) electrons. The summed E-state index contributed by atoms with van der Waals surface area (Å²) in [5.74, 6) is 1.01. The monoisotopic (exact) mass is 582 g/mol. The molecule has 0 amide bonds. The van der Waals surface area contributed by atoms with Crippen LogP contribution in [0.15, 0.2) is 76.9 Å². The van der Waals surface area contributed by atoms with Crippen LogP contribution in [0.25, 0.3) is 11.0 Å². The zero-order valence-corrected chi connectivity index (χ0v) is 24.7. The van der Waals surface area contributed by atoms with E-state index < -0.39 is 20.1 Å². The molecule has 0 bridgehead atoms. The number of fused-ring (bicyclic) bond motifs is 1. The maximum Gasteiger partial charge on any atom is 0.296 e. The molecular weight excluding hydrogens is 548 g/mol. The summed E-state index contributed by atoms with van der Waals surface area (Å²) in [6.07, 6.45) is 5.35. The van der Waals surface area contributed by atoms with Crippen molar-refractivity contribution in [3.63, 3.8) is 0 Å². The number of rotatable bonds is 8. The van der Waals surface area contributed by atoms with Gasteiger partial charge in [-0.1, -0.05) is 42.3 Å². The first-order valence-electron chi connectivity index (χ1n) is 13.3. The first-order valence-corrected chi connectivity index (χ1v) is 16.2. The van der Waals surface area contributed by atoms with Crippen molar-refractivity contribution in [3.8, 4) is 0 Å². The Labute approximate surface area is 236 Å². The first-order chi connectivity index (χ1) is 19.0. The van der Waals surface area contributed by atoms with E-state index in [4.69, 9.17) is 4.18 Å². The summed E-state index contributed by atoms with van der Waals surface area (Å²) in [6.45, 7) is 6.11. The van der Waals surface area contributed by atoms with Crippen LogP contribution in [0.1, 0.15) is 37.3 Å². The van der Waals surface area contributed by atoms with Crippen LogP contribution < -0.4 is 4.90 Å². The summed E-state index contributed by atoms with van der Waals surface area (Å²) in [4.78, 5) is 11.3. The average Bonchev–Trinajstić information content (AvgIpc) is 3.38. The lowest BCUT2D eigenvalue weighted by atomic mass is 9.78. The molecule has 1 aliphatic rings. The van der Waals surface area contributed by atoms with Crippen LogP contribution in [0.5, 0.6) is 0 Å². The number of hydrogen-bond acceptors (Lipinski definition) is 8. The highest BCUT2D eigenvalue weighted by Crippen LogP contribution is 2.36. The second-order valence-electron chi connectivity index (χ2n) is 10.8. The lowest BCUT2D eigenvalue weighted by Crippen LogP contribution is -2.42. The van der Waals surface area contributed by atoms with Crippen LogP contribution in [0.2, 0.25) is 0 Å². The van der Waals surface area contributed by atoms with Crippen molar-refractivity contribution in [1.29, 1.82) is 0 Å². The van der Waals surface area contributed by atoms with Crippen LogP contribution >= 0.6 is 0 Å². The highest BCUT2D eigenvalue weighted by molar-refractivity contribution is 7.90. The summed E-state index contributed by atoms with van der Waals surface area (Å²) < 4.78 is 58.6. The lowest BCUT2D eigenvalue weighted by molar-refractivity contribution is 0.170. The molecule has 1 fully saturated rings. The van der Waals surface area contributed by atoms with Crippen LogP contribution in [0, 0.1) is 25.7 Å². The smallest absolute Gasteiger partial charge is 0.296 e. The average molecular weight is 583 g/mol. The van der Waals surface area contributed by atoms with Gasteiger partial charge in [0.2, 0.25) is 0 Å². The Balaban J connectivity index is 1.30. The van der Waals surface area contributed by atoms with E-state index in [9.17, 15) is 16.8 Å². The normalized spacial score (nSPS) is 20.1. The molecule has 9 nitrogen and oxygen atoms in total. The molecule has 11 heteroatoms. The molecule has 0 N–H and O–H groups in total. The van der Waals surface area contributed by atoms with E-state index in [0.29, 0.717) is 16.9 Å². The van der Waals surface area contributed by atoms with Crippen molar-refractivity contribution in [2.45, 2.75) is 55.9 Å². The van der Waals surface area contributed by atoms with Gasteiger partial charge in [-0.2, -0.15) is 8.42 Å². The number of aromatic nitrogens is 3. The van der Waals surface area contributed by atoms with Crippen LogP contribution in [0.4, 0.5) is 5.82 Å². The predicted octanol–water partition coefficient (Wildman–Crippen LogP) is 4.93. The number of nitrogens with zero attached hydrogens (tertiary/aromatic N) is 4. The molecule has 2 aromatic heterocycles. The molecule has 40 heavy (non-hydrogen) atoms. The maximum absolute atomic E-state index is 13.4. The SMILES string of the molecule is Cc1ccc(S(=O)(=O)OC[C@@H]2CCC(N(C)c3ncnc4c3ccn4S(=O)(=O)c3ccc(C)cc3)C(C)C2)cc1. The summed E-state index contributed by atoms with van der Waals surface area (Å²) >= 11 is 0. The fourth-order valence-corrected chi connectivity index (χ4v) is 7.83. The maximum atomic E-state index is 13.4. The zero-order valence-electron chi connectivity index (χ0n) is 23.1. The van der Waals surface area contributed by atoms with Crippen molar-refractivity contribution in [1.82, 2.24) is 13.9 Å². The Bertz CT molecular complexity index is 1720. The third-order valence-electron chi connectivity index (χ3n) is 7.84. The van der Waals surface area contributed by atoms with E-state index in [-0.39, 0.29) is 34.3 Å². The minimum Gasteiger partial charge on any atom is -0.356 e. The molecule has 2 unspecified atom stereocenters. The summed E-state index contributed by atoms with van der Waals surface area (Å²) in [5.41, 5.74) is 2.29. The molecule has 5 rings (SSSR count). The van der Waals surface area contributed by atoms with Crippen molar-refractivity contribution in [2.24, 2.45) is 11.8 Å². The van der Waals surface area contributed by atoms with Crippen molar-refractivity contribution in [3.05, 3.63) is 78.2 Å². The van der Waals surface area contributed by atoms with Crippen LogP contribution in [-0.4, -0.2) is 50.5 Å². The van der Waals surface area contributed by atoms with Gasteiger partial charge in [-0.25, -0.2) is 22.4 Å². The molecule has 4 aromatic rings. The van der Waals surface area contributed by atoms with E-state index in [1.807, 2.05) is 20.9 Å². The Morgan fingerprint density at radius 1 is 0.900 bits per heavy atom. The Morgan fingerprint density at radius 2 is 1.52 bits per heavy atom. The minimum atomic E-state index is -3.82. The molecule has 0 aliphatic heterocycles. The minimum absolute atomic E-state index is 0.117. The van der Waals surface area contributed by atoms with E-state index >= 15 is 0 Å². The molecule has 212 valence electrons. The second-order valence-corrected chi connectivity index (χ2v) is 14.2. The standard InChI is InChI=1S/C29H34N4O5S2/c1-20-5-10-24(11-6-20)39(34,35)33-16-15-26-28(30-19-31-29(26)33)32(4)27-14-9-23(17-22(27)3)18-38-40(36,37)25-12-7-21(2)8-13-25/h5-8,10-13,15-16,19,22-23,27H,9,14,17-18H2,1-4H3/t22?,23-,27?/m1/s1. The third kappa shape index (κ3) is 5.50. The lowest BCUT2D eigenvalue weighted by Gasteiger charge is -2.40. The Kier molecular flexibility index (Phi) is 7.73. The second kappa shape index (κ2) is 10.9. The Hall–Kier alpha value is -3.28. The topological polar surface area (TPSA) is 111 Å². The van der Waals surface area contributed by atoms with Gasteiger partial charge in [0.1, 0.15) is 12.1 Å². The first kappa shape index (κ1) is 28.3. The van der Waals surface area contributed by atoms with Gasteiger partial charge in [0.05, 0.1) is 21.8 Å². The van der Waals surface area contributed by atoms with Crippen LogP contribution in [0.3, 0.4) is 0 Å². The van der Waals surface area contributed by atoms with Crippen LogP contribution in [-0.2, 0) is 24.3 Å². The summed E-state index contributed by atoms with van der Waals surface area (Å²) in [7, 11) is -5.66. The van der Waals surface area contributed by atoms with Gasteiger partial charge in [-0.05, 0) is 75.3 Å². The number of anilines is 1. The van der Waals surface area contributed by atoms with E-state index in [0.717, 1.165) is 30.4 Å². The molecule has 3 atom stereocenters. The molecule has 1 saturated carbocycles. The fraction of sp³-hybridized carbons (Fsp3) is 0.379. The quantitative estimate of drug-likeness (QED) is 0.269. The van der Waals surface area contributed by atoms with Gasteiger partial charge in [0.25, 0.3) is 20.1 Å². The molecule has 1 aliphatic carbocycles. The van der Waals surface area contributed by atoms with Gasteiger partial charge < -0.3 is 4.90 Å². The highest BCUT2D eigenvalue weighted by Gasteiger charge is 2.33. The molecule has 0 saturated heterocycles. The highest BCUT2D eigenvalue weighted by atomic mass is 32.2. The van der Waals surface area contributed by atoms with E-state index in [1.165, 1.54) is 16.5 Å². The zero-order chi connectivity index (χ0) is 28.7. The van der Waals surface area contributed by atoms with E-state index in [1.54, 1.807) is 54.6 Å². The van der Waals surface area contributed by atoms with Gasteiger partial charge in [0, 0.05) is 19.3 Å². The predicted molar refractivity (Wildman–Crippen MR) is 154 cm³/mol. The van der Waals surface area contributed by atoms with Gasteiger partial charge in [-0.15, -0.1) is 0 Å². The number of hydrogen-bond donors (Lipinski definition) is 0. The van der Waals surface area contributed by atoms with Crippen molar-refractivity contribution < 1.29 is 21.0 Å². The summed E-state index contributed by atoms with van der Waals surface area (Å²) in [6, 6.07) is 15.3. The number of benzene rings is 2. The van der Waals surface area contributed by atoms with E-state index in [2.05, 4.69) is 21.8 Å². The molecule has 0 spiro atoms. The largest absolute Gasteiger partial charge is 0.356 e. The summed E-state index contributed by atoms with van der Waals surface area (Å²) in [5, 5.41) is 0.655. The van der Waals surface area contributed by atoms with Gasteiger partial charge in [-0.3, -0.25) is 4.18 Å². The molecule has 2 heterocycles. The third-order valence-corrected chi connectivity index (χ3v) is 10.8. The van der Waals surface area contributed by atoms with Gasteiger partial charge in [0.15, 0.2) is 5.65 Å². The van der Waals surface area contributed by atoms with Crippen molar-refractivity contribution in [2.75, 3.05) is 18.6 Å². The van der Waals surface area contributed by atoms with Crippen molar-refractivity contribution >= 4 is 37.0 Å².